The number of carbonyl (C=O) groups excluding carboxylic acids is 1. The molecule has 0 spiro atoms. The molecule has 0 N–H and O–H groups in total. The fourth-order valence-corrected chi connectivity index (χ4v) is 3.17. The van der Waals surface area contributed by atoms with E-state index in [0.717, 1.165) is 11.1 Å². The highest BCUT2D eigenvalue weighted by Crippen LogP contribution is 2.29. The molecule has 1 aliphatic rings. The Labute approximate surface area is 178 Å². The normalized spacial score (nSPS) is 14.6. The molecule has 0 saturated carbocycles. The van der Waals surface area contributed by atoms with Gasteiger partial charge in [0.05, 0.1) is 0 Å². The van der Waals surface area contributed by atoms with Crippen molar-refractivity contribution in [1.29, 1.82) is 0 Å². The van der Waals surface area contributed by atoms with Crippen LogP contribution < -0.4 is 4.74 Å². The van der Waals surface area contributed by atoms with E-state index in [9.17, 15) is 4.79 Å². The number of esters is 1. The summed E-state index contributed by atoms with van der Waals surface area (Å²) in [6, 6.07) is 21.9. The van der Waals surface area contributed by atoms with Crippen molar-refractivity contribution in [1.82, 2.24) is 0 Å². The fraction of sp³-hybridized carbons (Fsp3) is 0.0435. The predicted octanol–water partition coefficient (Wildman–Crippen LogP) is 5.92. The number of rotatable bonds is 5. The fourth-order valence-electron chi connectivity index (χ4n) is 2.80. The van der Waals surface area contributed by atoms with Crippen LogP contribution in [0.15, 0.2) is 83.5 Å². The second-order valence-electron chi connectivity index (χ2n) is 6.26. The quantitative estimate of drug-likeness (QED) is 0.378. The van der Waals surface area contributed by atoms with Crippen molar-refractivity contribution in [3.8, 4) is 5.75 Å². The minimum absolute atomic E-state index is 0.175. The molecule has 1 heterocycles. The number of hydrogen-bond acceptors (Lipinski definition) is 4. The van der Waals surface area contributed by atoms with E-state index < -0.39 is 5.97 Å². The van der Waals surface area contributed by atoms with Gasteiger partial charge in [-0.05, 0) is 42.5 Å². The zero-order chi connectivity index (χ0) is 20.2. The second kappa shape index (κ2) is 8.52. The van der Waals surface area contributed by atoms with Crippen molar-refractivity contribution in [2.45, 2.75) is 6.61 Å². The lowest BCUT2D eigenvalue weighted by Gasteiger charge is -2.11. The van der Waals surface area contributed by atoms with E-state index in [1.54, 1.807) is 30.3 Å². The van der Waals surface area contributed by atoms with Crippen molar-refractivity contribution >= 4 is 41.1 Å². The van der Waals surface area contributed by atoms with Gasteiger partial charge in [-0.15, -0.1) is 0 Å². The lowest BCUT2D eigenvalue weighted by atomic mass is 10.1. The standard InChI is InChI=1S/C23H15Cl2NO3/c24-18-10-11-21(28-14-16-8-4-5-9-19(16)25)17(12-18)13-20-23(27)29-22(26-20)15-6-2-1-3-7-15/h1-13H,14H2/b20-13-. The van der Waals surface area contributed by atoms with E-state index in [1.165, 1.54) is 0 Å². The lowest BCUT2D eigenvalue weighted by molar-refractivity contribution is -0.129. The molecule has 0 aromatic heterocycles. The average Bonchev–Trinajstić information content (AvgIpc) is 3.09. The SMILES string of the molecule is O=C1OC(c2ccccc2)=N/C1=C\c1cc(Cl)ccc1OCc1ccccc1Cl. The maximum atomic E-state index is 12.3. The summed E-state index contributed by atoms with van der Waals surface area (Å²) in [5.74, 6) is 0.293. The zero-order valence-corrected chi connectivity index (χ0v) is 16.7. The molecule has 1 aliphatic heterocycles. The van der Waals surface area contributed by atoms with Gasteiger partial charge < -0.3 is 9.47 Å². The maximum absolute atomic E-state index is 12.3. The van der Waals surface area contributed by atoms with Crippen LogP contribution in [0, 0.1) is 0 Å². The second-order valence-corrected chi connectivity index (χ2v) is 7.11. The predicted molar refractivity (Wildman–Crippen MR) is 114 cm³/mol. The van der Waals surface area contributed by atoms with Gasteiger partial charge in [-0.1, -0.05) is 59.6 Å². The van der Waals surface area contributed by atoms with Crippen LogP contribution in [0.4, 0.5) is 0 Å². The molecule has 0 radical (unpaired) electrons. The monoisotopic (exact) mass is 423 g/mol. The Morgan fingerprint density at radius 2 is 1.72 bits per heavy atom. The van der Waals surface area contributed by atoms with Crippen molar-refractivity contribution in [2.75, 3.05) is 0 Å². The molecule has 4 nitrogen and oxygen atoms in total. The number of aliphatic imine (C=N–C) groups is 1. The number of carbonyl (C=O) groups is 1. The van der Waals surface area contributed by atoms with Gasteiger partial charge in [0.2, 0.25) is 5.90 Å². The summed E-state index contributed by atoms with van der Waals surface area (Å²) < 4.78 is 11.2. The van der Waals surface area contributed by atoms with Crippen molar-refractivity contribution < 1.29 is 14.3 Å². The van der Waals surface area contributed by atoms with E-state index in [0.29, 0.717) is 21.4 Å². The summed E-state index contributed by atoms with van der Waals surface area (Å²) in [7, 11) is 0. The summed E-state index contributed by atoms with van der Waals surface area (Å²) in [5.41, 5.74) is 2.38. The van der Waals surface area contributed by atoms with Gasteiger partial charge in [-0.2, -0.15) is 0 Å². The summed E-state index contributed by atoms with van der Waals surface area (Å²) in [6.45, 7) is 0.278. The third-order valence-electron chi connectivity index (χ3n) is 4.25. The smallest absolute Gasteiger partial charge is 0.363 e. The highest BCUT2D eigenvalue weighted by Gasteiger charge is 2.24. The first-order valence-corrected chi connectivity index (χ1v) is 9.59. The number of benzene rings is 3. The number of cyclic esters (lactones) is 1. The summed E-state index contributed by atoms with van der Waals surface area (Å²) in [5, 5.41) is 1.14. The van der Waals surface area contributed by atoms with Crippen LogP contribution in [0.3, 0.4) is 0 Å². The van der Waals surface area contributed by atoms with Crippen molar-refractivity contribution in [3.05, 3.63) is 105 Å². The lowest BCUT2D eigenvalue weighted by Crippen LogP contribution is -2.05. The third kappa shape index (κ3) is 4.50. The Balaban J connectivity index is 1.63. The molecule has 3 aromatic carbocycles. The first-order valence-electron chi connectivity index (χ1n) is 8.84. The minimum Gasteiger partial charge on any atom is -0.488 e. The Morgan fingerprint density at radius 3 is 2.52 bits per heavy atom. The molecule has 0 amide bonds. The topological polar surface area (TPSA) is 47.9 Å². The van der Waals surface area contributed by atoms with Gasteiger partial charge in [0.1, 0.15) is 12.4 Å². The van der Waals surface area contributed by atoms with Crippen LogP contribution in [-0.4, -0.2) is 11.9 Å². The van der Waals surface area contributed by atoms with Crippen LogP contribution in [-0.2, 0) is 16.1 Å². The molecular weight excluding hydrogens is 409 g/mol. The molecule has 0 fully saturated rings. The van der Waals surface area contributed by atoms with E-state index in [2.05, 4.69) is 4.99 Å². The summed E-state index contributed by atoms with van der Waals surface area (Å²) >= 11 is 12.3. The first-order chi connectivity index (χ1) is 14.1. The Kier molecular flexibility index (Phi) is 5.65. The van der Waals surface area contributed by atoms with Gasteiger partial charge in [0.15, 0.2) is 5.70 Å². The van der Waals surface area contributed by atoms with Crippen LogP contribution >= 0.6 is 23.2 Å². The van der Waals surface area contributed by atoms with Gasteiger partial charge in [-0.3, -0.25) is 0 Å². The van der Waals surface area contributed by atoms with E-state index >= 15 is 0 Å². The molecule has 0 unspecified atom stereocenters. The van der Waals surface area contributed by atoms with Crippen molar-refractivity contribution in [3.63, 3.8) is 0 Å². The molecule has 6 heteroatoms. The summed E-state index contributed by atoms with van der Waals surface area (Å²) in [4.78, 5) is 16.6. The van der Waals surface area contributed by atoms with Gasteiger partial charge in [0.25, 0.3) is 0 Å². The van der Waals surface area contributed by atoms with E-state index in [-0.39, 0.29) is 18.2 Å². The molecule has 0 saturated heterocycles. The summed E-state index contributed by atoms with van der Waals surface area (Å²) in [6.07, 6.45) is 1.60. The minimum atomic E-state index is -0.527. The highest BCUT2D eigenvalue weighted by atomic mass is 35.5. The Morgan fingerprint density at radius 1 is 0.966 bits per heavy atom. The zero-order valence-electron chi connectivity index (χ0n) is 15.1. The number of nitrogens with zero attached hydrogens (tertiary/aromatic N) is 1. The van der Waals surface area contributed by atoms with Crippen LogP contribution in [0.2, 0.25) is 10.0 Å². The van der Waals surface area contributed by atoms with Crippen molar-refractivity contribution in [2.24, 2.45) is 4.99 Å². The first kappa shape index (κ1) is 19.2. The Hall–Kier alpha value is -3.08. The molecule has 0 aliphatic carbocycles. The van der Waals surface area contributed by atoms with Gasteiger partial charge in [0, 0.05) is 26.7 Å². The Bertz CT molecular complexity index is 1120. The molecule has 144 valence electrons. The maximum Gasteiger partial charge on any atom is 0.363 e. The molecular formula is C23H15Cl2NO3. The molecule has 0 bridgehead atoms. The third-order valence-corrected chi connectivity index (χ3v) is 4.85. The van der Waals surface area contributed by atoms with Crippen LogP contribution in [0.1, 0.15) is 16.7 Å². The van der Waals surface area contributed by atoms with Gasteiger partial charge >= 0.3 is 5.97 Å². The molecule has 4 rings (SSSR count). The molecule has 3 aromatic rings. The number of halogens is 2. The van der Waals surface area contributed by atoms with E-state index in [1.807, 2.05) is 48.5 Å². The number of hydrogen-bond donors (Lipinski definition) is 0. The molecule has 0 atom stereocenters. The average molecular weight is 424 g/mol. The largest absolute Gasteiger partial charge is 0.488 e. The highest BCUT2D eigenvalue weighted by molar-refractivity contribution is 6.31. The van der Waals surface area contributed by atoms with Crippen LogP contribution in [0.25, 0.3) is 6.08 Å². The molecule has 29 heavy (non-hydrogen) atoms. The van der Waals surface area contributed by atoms with Gasteiger partial charge in [-0.25, -0.2) is 9.79 Å². The van der Waals surface area contributed by atoms with Crippen LogP contribution in [0.5, 0.6) is 5.75 Å². The number of ether oxygens (including phenoxy) is 2. The van der Waals surface area contributed by atoms with E-state index in [4.69, 9.17) is 32.7 Å².